The SMILES string of the molecule is CCNC(=NCc1cc(CC)no1)N(C)Cc1ccc(OC)cc1OC.I. The summed E-state index contributed by atoms with van der Waals surface area (Å²) in [7, 11) is 5.29. The lowest BCUT2D eigenvalue weighted by molar-refractivity contribution is 0.376. The van der Waals surface area contributed by atoms with Crippen molar-refractivity contribution < 1.29 is 14.0 Å². The predicted molar refractivity (Wildman–Crippen MR) is 117 cm³/mol. The summed E-state index contributed by atoms with van der Waals surface area (Å²) < 4.78 is 16.0. The van der Waals surface area contributed by atoms with E-state index in [1.807, 2.05) is 50.1 Å². The Labute approximate surface area is 178 Å². The molecule has 1 N–H and O–H groups in total. The standard InChI is InChI=1S/C19H28N4O3.HI/c1-6-15-10-17(26-22-15)12-21-19(20-7-2)23(3)13-14-8-9-16(24-4)11-18(14)25-5;/h8-11H,6-7,12-13H2,1-5H3,(H,20,21);1H. The number of methoxy groups -OCH3 is 2. The molecule has 1 aromatic heterocycles. The fraction of sp³-hybridized carbons (Fsp3) is 0.474. The van der Waals surface area contributed by atoms with Crippen molar-refractivity contribution in [3.8, 4) is 11.5 Å². The van der Waals surface area contributed by atoms with Crippen molar-refractivity contribution in [2.45, 2.75) is 33.4 Å². The van der Waals surface area contributed by atoms with Gasteiger partial charge in [-0.1, -0.05) is 12.1 Å². The Bertz CT molecular complexity index is 733. The number of aromatic nitrogens is 1. The topological polar surface area (TPSA) is 72.1 Å². The van der Waals surface area contributed by atoms with Gasteiger partial charge in [0.2, 0.25) is 0 Å². The third-order valence-electron chi connectivity index (χ3n) is 3.95. The molecular weight excluding hydrogens is 459 g/mol. The monoisotopic (exact) mass is 488 g/mol. The molecule has 1 heterocycles. The Morgan fingerprint density at radius 3 is 2.59 bits per heavy atom. The molecule has 27 heavy (non-hydrogen) atoms. The van der Waals surface area contributed by atoms with E-state index in [4.69, 9.17) is 14.0 Å². The molecular formula is C19H29IN4O3. The van der Waals surface area contributed by atoms with Crippen LogP contribution >= 0.6 is 24.0 Å². The minimum Gasteiger partial charge on any atom is -0.497 e. The highest BCUT2D eigenvalue weighted by atomic mass is 127. The average Bonchev–Trinajstić information content (AvgIpc) is 3.13. The average molecular weight is 488 g/mol. The molecule has 0 unspecified atom stereocenters. The van der Waals surface area contributed by atoms with Crippen LogP contribution in [0.1, 0.15) is 30.9 Å². The van der Waals surface area contributed by atoms with Gasteiger partial charge >= 0.3 is 0 Å². The molecule has 0 saturated heterocycles. The number of nitrogens with zero attached hydrogens (tertiary/aromatic N) is 3. The lowest BCUT2D eigenvalue weighted by Gasteiger charge is -2.23. The fourth-order valence-corrected chi connectivity index (χ4v) is 2.53. The second-order valence-electron chi connectivity index (χ2n) is 5.84. The number of benzene rings is 1. The molecule has 0 amide bonds. The van der Waals surface area contributed by atoms with Crippen molar-refractivity contribution in [2.24, 2.45) is 4.99 Å². The van der Waals surface area contributed by atoms with Gasteiger partial charge in [0.05, 0.1) is 19.9 Å². The zero-order valence-corrected chi connectivity index (χ0v) is 18.9. The molecule has 2 rings (SSSR count). The van der Waals surface area contributed by atoms with Gasteiger partial charge in [-0.05, 0) is 25.5 Å². The highest BCUT2D eigenvalue weighted by Crippen LogP contribution is 2.25. The first-order valence-electron chi connectivity index (χ1n) is 8.76. The van der Waals surface area contributed by atoms with E-state index < -0.39 is 0 Å². The minimum absolute atomic E-state index is 0. The first-order valence-corrected chi connectivity index (χ1v) is 8.76. The van der Waals surface area contributed by atoms with Crippen LogP contribution < -0.4 is 14.8 Å². The van der Waals surface area contributed by atoms with Crippen molar-refractivity contribution in [3.63, 3.8) is 0 Å². The number of guanidine groups is 1. The Morgan fingerprint density at radius 1 is 1.22 bits per heavy atom. The van der Waals surface area contributed by atoms with Crippen molar-refractivity contribution in [1.29, 1.82) is 0 Å². The van der Waals surface area contributed by atoms with E-state index in [2.05, 4.69) is 15.5 Å². The second kappa shape index (κ2) is 11.7. The van der Waals surface area contributed by atoms with Crippen molar-refractivity contribution in [2.75, 3.05) is 27.8 Å². The highest BCUT2D eigenvalue weighted by molar-refractivity contribution is 14.0. The minimum atomic E-state index is 0. The highest BCUT2D eigenvalue weighted by Gasteiger charge is 2.12. The molecule has 0 fully saturated rings. The lowest BCUT2D eigenvalue weighted by atomic mass is 10.2. The number of aliphatic imine (C=N–C) groups is 1. The third-order valence-corrected chi connectivity index (χ3v) is 3.95. The van der Waals surface area contributed by atoms with Gasteiger partial charge < -0.3 is 24.2 Å². The molecule has 7 nitrogen and oxygen atoms in total. The van der Waals surface area contributed by atoms with Gasteiger partial charge in [0, 0.05) is 37.8 Å². The summed E-state index contributed by atoms with van der Waals surface area (Å²) in [5, 5.41) is 7.31. The van der Waals surface area contributed by atoms with Crippen molar-refractivity contribution in [3.05, 3.63) is 41.3 Å². The van der Waals surface area contributed by atoms with Gasteiger partial charge in [0.1, 0.15) is 18.0 Å². The summed E-state index contributed by atoms with van der Waals surface area (Å²) in [6, 6.07) is 7.76. The van der Waals surface area contributed by atoms with Crippen molar-refractivity contribution in [1.82, 2.24) is 15.4 Å². The second-order valence-corrected chi connectivity index (χ2v) is 5.84. The van der Waals surface area contributed by atoms with Crippen LogP contribution in [0.15, 0.2) is 33.8 Å². The Kier molecular flexibility index (Phi) is 9.98. The van der Waals surface area contributed by atoms with E-state index in [0.717, 1.165) is 47.4 Å². The van der Waals surface area contributed by atoms with Crippen LogP contribution in [0.5, 0.6) is 11.5 Å². The van der Waals surface area contributed by atoms with E-state index in [1.165, 1.54) is 0 Å². The maximum atomic E-state index is 5.48. The summed E-state index contributed by atoms with van der Waals surface area (Å²) in [6.07, 6.45) is 0.852. The number of rotatable bonds is 8. The number of ether oxygens (including phenoxy) is 2. The van der Waals surface area contributed by atoms with Crippen LogP contribution in [0.4, 0.5) is 0 Å². The lowest BCUT2D eigenvalue weighted by Crippen LogP contribution is -2.38. The largest absolute Gasteiger partial charge is 0.497 e. The Balaban J connectivity index is 0.00000364. The van der Waals surface area contributed by atoms with Gasteiger partial charge in [0.15, 0.2) is 11.7 Å². The molecule has 0 spiro atoms. The van der Waals surface area contributed by atoms with E-state index in [9.17, 15) is 0 Å². The molecule has 8 heteroatoms. The third kappa shape index (κ3) is 6.60. The molecule has 0 bridgehead atoms. The maximum Gasteiger partial charge on any atom is 0.194 e. The first kappa shape index (κ1) is 23.1. The number of halogens is 1. The summed E-state index contributed by atoms with van der Waals surface area (Å²) in [4.78, 5) is 6.70. The number of hydrogen-bond acceptors (Lipinski definition) is 5. The predicted octanol–water partition coefficient (Wildman–Crippen LogP) is 3.47. The summed E-state index contributed by atoms with van der Waals surface area (Å²) >= 11 is 0. The fourth-order valence-electron chi connectivity index (χ4n) is 2.53. The zero-order chi connectivity index (χ0) is 18.9. The van der Waals surface area contributed by atoms with Crippen LogP contribution in [-0.2, 0) is 19.5 Å². The summed E-state index contributed by atoms with van der Waals surface area (Å²) in [6.45, 7) is 5.96. The summed E-state index contributed by atoms with van der Waals surface area (Å²) in [5.41, 5.74) is 1.99. The van der Waals surface area contributed by atoms with Crippen molar-refractivity contribution >= 4 is 29.9 Å². The molecule has 150 valence electrons. The van der Waals surface area contributed by atoms with Gasteiger partial charge in [-0.15, -0.1) is 24.0 Å². The zero-order valence-electron chi connectivity index (χ0n) is 16.6. The molecule has 0 aliphatic rings. The normalized spacial score (nSPS) is 10.9. The van der Waals surface area contributed by atoms with Crippen LogP contribution in [0.3, 0.4) is 0 Å². The Morgan fingerprint density at radius 2 is 2.00 bits per heavy atom. The van der Waals surface area contributed by atoms with Gasteiger partial charge in [-0.2, -0.15) is 0 Å². The van der Waals surface area contributed by atoms with E-state index in [-0.39, 0.29) is 24.0 Å². The van der Waals surface area contributed by atoms with E-state index in [1.54, 1.807) is 14.2 Å². The molecule has 0 aliphatic heterocycles. The first-order chi connectivity index (χ1) is 12.6. The quantitative estimate of drug-likeness (QED) is 0.349. The van der Waals surface area contributed by atoms with Crippen LogP contribution in [-0.4, -0.2) is 43.8 Å². The molecule has 0 radical (unpaired) electrons. The molecule has 0 atom stereocenters. The molecule has 0 aliphatic carbocycles. The van der Waals surface area contributed by atoms with E-state index >= 15 is 0 Å². The summed E-state index contributed by atoms with van der Waals surface area (Å²) in [5.74, 6) is 3.10. The van der Waals surface area contributed by atoms with E-state index in [0.29, 0.717) is 13.1 Å². The van der Waals surface area contributed by atoms with Crippen LogP contribution in [0.2, 0.25) is 0 Å². The van der Waals surface area contributed by atoms with Crippen LogP contribution in [0, 0.1) is 0 Å². The number of aryl methyl sites for hydroxylation is 1. The molecule has 2 aromatic rings. The van der Waals surface area contributed by atoms with Gasteiger partial charge in [0.25, 0.3) is 0 Å². The van der Waals surface area contributed by atoms with Crippen LogP contribution in [0.25, 0.3) is 0 Å². The van der Waals surface area contributed by atoms with Gasteiger partial charge in [-0.25, -0.2) is 4.99 Å². The maximum absolute atomic E-state index is 5.48. The number of hydrogen-bond donors (Lipinski definition) is 1. The smallest absolute Gasteiger partial charge is 0.194 e. The molecule has 1 aromatic carbocycles. The Hall–Kier alpha value is -1.97. The molecule has 0 saturated carbocycles. The van der Waals surface area contributed by atoms with Gasteiger partial charge in [-0.3, -0.25) is 0 Å². The number of nitrogens with one attached hydrogen (secondary N) is 1.